The lowest BCUT2D eigenvalue weighted by Crippen LogP contribution is -2.56. The second kappa shape index (κ2) is 5.94. The number of likely N-dealkylation sites (tertiary alicyclic amines) is 1. The number of hydrogen-bond donors (Lipinski definition) is 2. The van der Waals surface area contributed by atoms with Crippen molar-refractivity contribution in [2.75, 3.05) is 19.7 Å². The molecule has 3 rings (SSSR count). The van der Waals surface area contributed by atoms with Gasteiger partial charge in [0.15, 0.2) is 0 Å². The van der Waals surface area contributed by atoms with Gasteiger partial charge in [-0.3, -0.25) is 0 Å². The molecule has 1 heterocycles. The lowest BCUT2D eigenvalue weighted by atomic mass is 9.78. The minimum Gasteiger partial charge on any atom is -0.394 e. The van der Waals surface area contributed by atoms with Crippen LogP contribution in [0, 0.1) is 11.8 Å². The molecule has 3 heteroatoms. The molecule has 2 N–H and O–H groups in total. The normalized spacial score (nSPS) is 39.6. The highest BCUT2D eigenvalue weighted by atomic mass is 16.3. The molecular formula is C17H32N2O. The summed E-state index contributed by atoms with van der Waals surface area (Å²) in [6, 6.07) is 1.40. The maximum absolute atomic E-state index is 9.94. The maximum Gasteiger partial charge on any atom is 0.0613 e. The summed E-state index contributed by atoms with van der Waals surface area (Å²) in [6.07, 6.45) is 8.92. The standard InChI is InChI=1S/C17H32N2O/c1-13(2)14-7-9-19(11-14)16-4-3-8-17(10-16,12-20)18-15-5-6-15/h13-16,18,20H,3-12H2,1-2H3. The van der Waals surface area contributed by atoms with Crippen LogP contribution in [0.4, 0.5) is 0 Å². The van der Waals surface area contributed by atoms with Crippen molar-refractivity contribution in [2.45, 2.75) is 76.4 Å². The molecule has 1 saturated heterocycles. The van der Waals surface area contributed by atoms with Gasteiger partial charge >= 0.3 is 0 Å². The molecule has 1 aliphatic heterocycles. The lowest BCUT2D eigenvalue weighted by molar-refractivity contribution is 0.0652. The van der Waals surface area contributed by atoms with Crippen LogP contribution in [-0.4, -0.2) is 47.3 Å². The second-order valence-electron chi connectivity index (χ2n) is 7.89. The zero-order chi connectivity index (χ0) is 14.2. The average Bonchev–Trinajstić information content (AvgIpc) is 3.10. The molecule has 0 aromatic heterocycles. The number of aliphatic hydroxyl groups is 1. The van der Waals surface area contributed by atoms with Gasteiger partial charge in [0, 0.05) is 24.2 Å². The van der Waals surface area contributed by atoms with Gasteiger partial charge in [0.1, 0.15) is 0 Å². The van der Waals surface area contributed by atoms with Gasteiger partial charge in [-0.15, -0.1) is 0 Å². The Hall–Kier alpha value is -0.120. The zero-order valence-electron chi connectivity index (χ0n) is 13.3. The Bertz CT molecular complexity index is 329. The van der Waals surface area contributed by atoms with Crippen LogP contribution in [-0.2, 0) is 0 Å². The number of rotatable bonds is 5. The van der Waals surface area contributed by atoms with E-state index in [1.165, 1.54) is 45.2 Å². The Morgan fingerprint density at radius 1 is 1.25 bits per heavy atom. The minimum absolute atomic E-state index is 0.0278. The topological polar surface area (TPSA) is 35.5 Å². The Morgan fingerprint density at radius 3 is 2.65 bits per heavy atom. The van der Waals surface area contributed by atoms with Gasteiger partial charge in [0.25, 0.3) is 0 Å². The first kappa shape index (κ1) is 14.8. The minimum atomic E-state index is 0.0278. The Morgan fingerprint density at radius 2 is 2.05 bits per heavy atom. The predicted molar refractivity (Wildman–Crippen MR) is 82.7 cm³/mol. The predicted octanol–water partition coefficient (Wildman–Crippen LogP) is 2.39. The molecule has 0 aromatic rings. The smallest absolute Gasteiger partial charge is 0.0613 e. The molecule has 20 heavy (non-hydrogen) atoms. The van der Waals surface area contributed by atoms with Gasteiger partial charge in [-0.2, -0.15) is 0 Å². The van der Waals surface area contributed by atoms with E-state index in [-0.39, 0.29) is 5.54 Å². The van der Waals surface area contributed by atoms with Crippen molar-refractivity contribution < 1.29 is 5.11 Å². The summed E-state index contributed by atoms with van der Waals surface area (Å²) in [5, 5.41) is 13.7. The Labute approximate surface area is 124 Å². The number of hydrogen-bond acceptors (Lipinski definition) is 3. The van der Waals surface area contributed by atoms with Gasteiger partial charge in [-0.1, -0.05) is 13.8 Å². The molecule has 3 nitrogen and oxygen atoms in total. The fourth-order valence-corrected chi connectivity index (χ4v) is 4.32. The molecule has 0 amide bonds. The third-order valence-corrected chi connectivity index (χ3v) is 5.92. The third kappa shape index (κ3) is 3.20. The first-order chi connectivity index (χ1) is 9.62. The molecule has 0 radical (unpaired) electrons. The first-order valence-corrected chi connectivity index (χ1v) is 8.74. The van der Waals surface area contributed by atoms with E-state index in [4.69, 9.17) is 0 Å². The van der Waals surface area contributed by atoms with Gasteiger partial charge in [0.05, 0.1) is 6.61 Å². The Kier molecular flexibility index (Phi) is 4.40. The summed E-state index contributed by atoms with van der Waals surface area (Å²) in [6.45, 7) is 7.61. The quantitative estimate of drug-likeness (QED) is 0.812. The van der Waals surface area contributed by atoms with E-state index in [0.717, 1.165) is 24.7 Å². The van der Waals surface area contributed by atoms with E-state index >= 15 is 0 Å². The fraction of sp³-hybridized carbons (Fsp3) is 1.00. The van der Waals surface area contributed by atoms with Crippen molar-refractivity contribution in [1.29, 1.82) is 0 Å². The fourth-order valence-electron chi connectivity index (χ4n) is 4.32. The molecule has 0 spiro atoms. The van der Waals surface area contributed by atoms with Crippen molar-refractivity contribution in [2.24, 2.45) is 11.8 Å². The van der Waals surface area contributed by atoms with E-state index < -0.39 is 0 Å². The third-order valence-electron chi connectivity index (χ3n) is 5.92. The number of nitrogens with one attached hydrogen (secondary N) is 1. The number of aliphatic hydroxyl groups excluding tert-OH is 1. The molecular weight excluding hydrogens is 248 g/mol. The van der Waals surface area contributed by atoms with Crippen LogP contribution < -0.4 is 5.32 Å². The molecule has 0 bridgehead atoms. The van der Waals surface area contributed by atoms with Crippen LogP contribution in [0.5, 0.6) is 0 Å². The first-order valence-electron chi connectivity index (χ1n) is 8.74. The largest absolute Gasteiger partial charge is 0.394 e. The van der Waals surface area contributed by atoms with E-state index in [9.17, 15) is 5.11 Å². The van der Waals surface area contributed by atoms with Crippen LogP contribution in [0.15, 0.2) is 0 Å². The second-order valence-corrected chi connectivity index (χ2v) is 7.89. The highest BCUT2D eigenvalue weighted by molar-refractivity contribution is 5.01. The number of nitrogens with zero attached hydrogens (tertiary/aromatic N) is 1. The van der Waals surface area contributed by atoms with Crippen molar-refractivity contribution in [1.82, 2.24) is 10.2 Å². The molecule has 3 unspecified atom stereocenters. The van der Waals surface area contributed by atoms with Crippen LogP contribution in [0.2, 0.25) is 0 Å². The zero-order valence-corrected chi connectivity index (χ0v) is 13.3. The van der Waals surface area contributed by atoms with Crippen LogP contribution >= 0.6 is 0 Å². The Balaban J connectivity index is 1.59. The summed E-state index contributed by atoms with van der Waals surface area (Å²) >= 11 is 0. The van der Waals surface area contributed by atoms with E-state index in [2.05, 4.69) is 24.1 Å². The van der Waals surface area contributed by atoms with E-state index in [0.29, 0.717) is 18.7 Å². The van der Waals surface area contributed by atoms with Crippen molar-refractivity contribution in [3.63, 3.8) is 0 Å². The highest BCUT2D eigenvalue weighted by Crippen LogP contribution is 2.37. The van der Waals surface area contributed by atoms with Gasteiger partial charge < -0.3 is 15.3 Å². The van der Waals surface area contributed by atoms with Crippen molar-refractivity contribution in [3.05, 3.63) is 0 Å². The molecule has 3 atom stereocenters. The van der Waals surface area contributed by atoms with Crippen molar-refractivity contribution >= 4 is 0 Å². The molecule has 116 valence electrons. The van der Waals surface area contributed by atoms with Gasteiger partial charge in [-0.05, 0) is 63.3 Å². The SMILES string of the molecule is CC(C)C1CCN(C2CCCC(CO)(NC3CC3)C2)C1. The maximum atomic E-state index is 9.94. The monoisotopic (exact) mass is 280 g/mol. The molecule has 2 aliphatic carbocycles. The molecule has 2 saturated carbocycles. The highest BCUT2D eigenvalue weighted by Gasteiger charge is 2.42. The molecule has 3 aliphatic rings. The summed E-state index contributed by atoms with van der Waals surface area (Å²) in [7, 11) is 0. The molecule has 3 fully saturated rings. The van der Waals surface area contributed by atoms with Gasteiger partial charge in [-0.25, -0.2) is 0 Å². The summed E-state index contributed by atoms with van der Waals surface area (Å²) in [5.74, 6) is 1.70. The average molecular weight is 280 g/mol. The van der Waals surface area contributed by atoms with E-state index in [1.54, 1.807) is 0 Å². The summed E-state index contributed by atoms with van der Waals surface area (Å²) in [5.41, 5.74) is 0.0278. The van der Waals surface area contributed by atoms with Gasteiger partial charge in [0.2, 0.25) is 0 Å². The van der Waals surface area contributed by atoms with Crippen LogP contribution in [0.1, 0.15) is 58.8 Å². The lowest BCUT2D eigenvalue weighted by Gasteiger charge is -2.44. The molecule has 0 aromatic carbocycles. The van der Waals surface area contributed by atoms with Crippen LogP contribution in [0.3, 0.4) is 0 Å². The summed E-state index contributed by atoms with van der Waals surface area (Å²) in [4.78, 5) is 2.73. The summed E-state index contributed by atoms with van der Waals surface area (Å²) < 4.78 is 0. The van der Waals surface area contributed by atoms with Crippen molar-refractivity contribution in [3.8, 4) is 0 Å². The van der Waals surface area contributed by atoms with Crippen LogP contribution in [0.25, 0.3) is 0 Å². The van der Waals surface area contributed by atoms with E-state index in [1.807, 2.05) is 0 Å².